The summed E-state index contributed by atoms with van der Waals surface area (Å²) in [5.41, 5.74) is 7.29. The molecule has 1 aromatic carbocycles. The molecule has 5 heteroatoms. The maximum atomic E-state index is 11.7. The van der Waals surface area contributed by atoms with E-state index in [2.05, 4.69) is 5.32 Å². The quantitative estimate of drug-likeness (QED) is 0.563. The molecule has 0 aliphatic carbocycles. The van der Waals surface area contributed by atoms with Crippen LogP contribution in [0.3, 0.4) is 0 Å². The standard InChI is InChI=1S/C16H24N2O3/c17-14-6-4-13(5-7-14)11-16(19)18-8-2-9-20-12-15-3-1-10-21-15/h4-7,15H,1-3,8-12,17H2,(H,18,19). The van der Waals surface area contributed by atoms with Crippen LogP contribution in [-0.4, -0.2) is 38.4 Å². The molecular formula is C16H24N2O3. The van der Waals surface area contributed by atoms with Crippen molar-refractivity contribution in [2.75, 3.05) is 32.1 Å². The minimum Gasteiger partial charge on any atom is -0.399 e. The monoisotopic (exact) mass is 292 g/mol. The number of carbonyl (C=O) groups excluding carboxylic acids is 1. The first kappa shape index (κ1) is 15.8. The van der Waals surface area contributed by atoms with Crippen molar-refractivity contribution in [2.45, 2.75) is 31.8 Å². The number of nitrogens with one attached hydrogen (secondary N) is 1. The van der Waals surface area contributed by atoms with Crippen molar-refractivity contribution in [3.05, 3.63) is 29.8 Å². The van der Waals surface area contributed by atoms with E-state index < -0.39 is 0 Å². The van der Waals surface area contributed by atoms with Gasteiger partial charge in [-0.15, -0.1) is 0 Å². The van der Waals surface area contributed by atoms with Crippen LogP contribution in [0.5, 0.6) is 0 Å². The second-order valence-corrected chi connectivity index (χ2v) is 5.33. The van der Waals surface area contributed by atoms with Gasteiger partial charge >= 0.3 is 0 Å². The van der Waals surface area contributed by atoms with E-state index in [0.29, 0.717) is 31.9 Å². The summed E-state index contributed by atoms with van der Waals surface area (Å²) in [6.45, 7) is 2.82. The summed E-state index contributed by atoms with van der Waals surface area (Å²) in [7, 11) is 0. The fourth-order valence-electron chi connectivity index (χ4n) is 2.28. The van der Waals surface area contributed by atoms with Gasteiger partial charge in [-0.2, -0.15) is 0 Å². The first-order valence-corrected chi connectivity index (χ1v) is 7.54. The summed E-state index contributed by atoms with van der Waals surface area (Å²) >= 11 is 0. The highest BCUT2D eigenvalue weighted by Crippen LogP contribution is 2.11. The van der Waals surface area contributed by atoms with Gasteiger partial charge in [-0.1, -0.05) is 12.1 Å². The molecule has 0 aromatic heterocycles. The predicted molar refractivity (Wildman–Crippen MR) is 82.0 cm³/mol. The van der Waals surface area contributed by atoms with E-state index >= 15 is 0 Å². The lowest BCUT2D eigenvalue weighted by Crippen LogP contribution is -2.27. The Kier molecular flexibility index (Phi) is 6.50. The number of anilines is 1. The summed E-state index contributed by atoms with van der Waals surface area (Å²) in [5.74, 6) is 0.0268. The molecule has 21 heavy (non-hydrogen) atoms. The third-order valence-electron chi connectivity index (χ3n) is 3.46. The number of nitrogens with two attached hydrogens (primary N) is 1. The van der Waals surface area contributed by atoms with E-state index in [1.165, 1.54) is 0 Å². The molecule has 1 aliphatic rings. The van der Waals surface area contributed by atoms with Gasteiger partial charge in [0, 0.05) is 25.4 Å². The molecule has 1 aliphatic heterocycles. The topological polar surface area (TPSA) is 73.6 Å². The molecule has 1 fully saturated rings. The Balaban J connectivity index is 1.49. The molecule has 1 atom stereocenters. The molecule has 1 aromatic rings. The SMILES string of the molecule is Nc1ccc(CC(=O)NCCCOCC2CCCO2)cc1. The molecule has 0 saturated carbocycles. The summed E-state index contributed by atoms with van der Waals surface area (Å²) in [6, 6.07) is 7.36. The Morgan fingerprint density at radius 2 is 2.19 bits per heavy atom. The number of hydrogen-bond donors (Lipinski definition) is 2. The fraction of sp³-hybridized carbons (Fsp3) is 0.562. The summed E-state index contributed by atoms with van der Waals surface area (Å²) in [5, 5.41) is 2.89. The van der Waals surface area contributed by atoms with Crippen molar-refractivity contribution in [3.8, 4) is 0 Å². The van der Waals surface area contributed by atoms with Crippen LogP contribution in [0, 0.1) is 0 Å². The molecule has 1 amide bonds. The van der Waals surface area contributed by atoms with Crippen LogP contribution in [0.25, 0.3) is 0 Å². The first-order chi connectivity index (χ1) is 10.2. The highest BCUT2D eigenvalue weighted by atomic mass is 16.5. The summed E-state index contributed by atoms with van der Waals surface area (Å²) in [6.07, 6.45) is 3.70. The third-order valence-corrected chi connectivity index (χ3v) is 3.46. The molecule has 116 valence electrons. The third kappa shape index (κ3) is 6.14. The zero-order valence-corrected chi connectivity index (χ0v) is 12.3. The van der Waals surface area contributed by atoms with Gasteiger partial charge in [0.2, 0.25) is 5.91 Å². The van der Waals surface area contributed by atoms with Crippen LogP contribution in [0.1, 0.15) is 24.8 Å². The average Bonchev–Trinajstić information content (AvgIpc) is 2.98. The van der Waals surface area contributed by atoms with Crippen LogP contribution in [0.2, 0.25) is 0 Å². The van der Waals surface area contributed by atoms with E-state index in [-0.39, 0.29) is 12.0 Å². The van der Waals surface area contributed by atoms with Gasteiger partial charge < -0.3 is 20.5 Å². The van der Waals surface area contributed by atoms with Gasteiger partial charge in [0.05, 0.1) is 19.1 Å². The Bertz CT molecular complexity index is 428. The minimum absolute atomic E-state index is 0.0268. The van der Waals surface area contributed by atoms with Crippen molar-refractivity contribution in [2.24, 2.45) is 0 Å². The highest BCUT2D eigenvalue weighted by Gasteiger charge is 2.14. The van der Waals surface area contributed by atoms with Crippen molar-refractivity contribution >= 4 is 11.6 Å². The molecule has 0 bridgehead atoms. The molecule has 1 saturated heterocycles. The lowest BCUT2D eigenvalue weighted by molar-refractivity contribution is -0.120. The highest BCUT2D eigenvalue weighted by molar-refractivity contribution is 5.78. The lowest BCUT2D eigenvalue weighted by atomic mass is 10.1. The van der Waals surface area contributed by atoms with E-state index in [0.717, 1.165) is 31.4 Å². The smallest absolute Gasteiger partial charge is 0.224 e. The summed E-state index contributed by atoms with van der Waals surface area (Å²) < 4.78 is 11.0. The zero-order valence-electron chi connectivity index (χ0n) is 12.3. The number of benzene rings is 1. The maximum absolute atomic E-state index is 11.7. The zero-order chi connectivity index (χ0) is 14.9. The predicted octanol–water partition coefficient (Wildman–Crippen LogP) is 1.51. The first-order valence-electron chi connectivity index (χ1n) is 7.54. The van der Waals surface area contributed by atoms with Gasteiger partial charge in [0.1, 0.15) is 0 Å². The second-order valence-electron chi connectivity index (χ2n) is 5.33. The van der Waals surface area contributed by atoms with Crippen molar-refractivity contribution < 1.29 is 14.3 Å². The van der Waals surface area contributed by atoms with Crippen molar-refractivity contribution in [1.29, 1.82) is 0 Å². The Morgan fingerprint density at radius 1 is 1.38 bits per heavy atom. The lowest BCUT2D eigenvalue weighted by Gasteiger charge is -2.10. The van der Waals surface area contributed by atoms with E-state index in [1.807, 2.05) is 24.3 Å². The van der Waals surface area contributed by atoms with Gasteiger partial charge in [-0.25, -0.2) is 0 Å². The van der Waals surface area contributed by atoms with Crippen LogP contribution in [0.15, 0.2) is 24.3 Å². The molecular weight excluding hydrogens is 268 g/mol. The average molecular weight is 292 g/mol. The number of carbonyl (C=O) groups is 1. The number of hydrogen-bond acceptors (Lipinski definition) is 4. The fourth-order valence-corrected chi connectivity index (χ4v) is 2.28. The number of ether oxygens (including phenoxy) is 2. The minimum atomic E-state index is 0.0268. The Hall–Kier alpha value is -1.59. The molecule has 2 rings (SSSR count). The van der Waals surface area contributed by atoms with Gasteiger partial charge in [-0.05, 0) is 37.0 Å². The van der Waals surface area contributed by atoms with E-state index in [4.69, 9.17) is 15.2 Å². The Morgan fingerprint density at radius 3 is 2.90 bits per heavy atom. The molecule has 0 radical (unpaired) electrons. The van der Waals surface area contributed by atoms with Crippen LogP contribution in [-0.2, 0) is 20.7 Å². The molecule has 1 heterocycles. The van der Waals surface area contributed by atoms with E-state index in [1.54, 1.807) is 0 Å². The Labute approximate surface area is 125 Å². The normalized spacial score (nSPS) is 17.8. The van der Waals surface area contributed by atoms with Gasteiger partial charge in [0.25, 0.3) is 0 Å². The van der Waals surface area contributed by atoms with Gasteiger partial charge in [-0.3, -0.25) is 4.79 Å². The molecule has 3 N–H and O–H groups in total. The van der Waals surface area contributed by atoms with E-state index in [9.17, 15) is 4.79 Å². The van der Waals surface area contributed by atoms with Crippen molar-refractivity contribution in [1.82, 2.24) is 5.32 Å². The number of rotatable bonds is 8. The number of nitrogen functional groups attached to an aromatic ring is 1. The van der Waals surface area contributed by atoms with Crippen LogP contribution < -0.4 is 11.1 Å². The van der Waals surface area contributed by atoms with Crippen LogP contribution in [0.4, 0.5) is 5.69 Å². The molecule has 0 spiro atoms. The van der Waals surface area contributed by atoms with Crippen LogP contribution >= 0.6 is 0 Å². The molecule has 5 nitrogen and oxygen atoms in total. The number of amides is 1. The van der Waals surface area contributed by atoms with Crippen molar-refractivity contribution in [3.63, 3.8) is 0 Å². The largest absolute Gasteiger partial charge is 0.399 e. The van der Waals surface area contributed by atoms with Gasteiger partial charge in [0.15, 0.2) is 0 Å². The maximum Gasteiger partial charge on any atom is 0.224 e. The second kappa shape index (κ2) is 8.64. The summed E-state index contributed by atoms with van der Waals surface area (Å²) in [4.78, 5) is 11.7. The molecule has 1 unspecified atom stereocenters.